The topological polar surface area (TPSA) is 48.0 Å². The molecule has 1 aliphatic rings. The molecule has 2 heterocycles. The Balaban J connectivity index is 1.83. The second-order valence-corrected chi connectivity index (χ2v) is 6.83. The van der Waals surface area contributed by atoms with Gasteiger partial charge in [0.25, 0.3) is 5.56 Å². The lowest BCUT2D eigenvalue weighted by Gasteiger charge is -2.12. The normalized spacial score (nSPS) is 17.4. The average molecular weight is 337 g/mol. The van der Waals surface area contributed by atoms with Crippen molar-refractivity contribution in [1.29, 1.82) is 0 Å². The van der Waals surface area contributed by atoms with Crippen LogP contribution in [0, 0.1) is 0 Å². The van der Waals surface area contributed by atoms with Crippen molar-refractivity contribution in [2.24, 2.45) is 0 Å². The number of rotatable bonds is 2. The molecule has 19 heavy (non-hydrogen) atoms. The van der Waals surface area contributed by atoms with Gasteiger partial charge in [0.15, 0.2) is 0 Å². The SMILES string of the molecule is Nc1cc(Br)c(=O)n(CC2Cc3ccccc3S2)c1. The van der Waals surface area contributed by atoms with E-state index in [1.807, 2.05) is 11.8 Å². The van der Waals surface area contributed by atoms with Crippen LogP contribution in [0.3, 0.4) is 0 Å². The van der Waals surface area contributed by atoms with Crippen LogP contribution in [0.4, 0.5) is 5.69 Å². The first-order valence-corrected chi connectivity index (χ1v) is 7.71. The largest absolute Gasteiger partial charge is 0.398 e. The summed E-state index contributed by atoms with van der Waals surface area (Å²) in [5.74, 6) is 0. The van der Waals surface area contributed by atoms with Crippen LogP contribution in [0.15, 0.2) is 50.7 Å². The number of nitrogen functional groups attached to an aromatic ring is 1. The first-order valence-electron chi connectivity index (χ1n) is 6.03. The average Bonchev–Trinajstić information content (AvgIpc) is 2.77. The molecule has 98 valence electrons. The Hall–Kier alpha value is -1.20. The molecule has 0 bridgehead atoms. The van der Waals surface area contributed by atoms with Gasteiger partial charge in [-0.25, -0.2) is 0 Å². The summed E-state index contributed by atoms with van der Waals surface area (Å²) in [6.45, 7) is 0.682. The third kappa shape index (κ3) is 2.58. The Bertz CT molecular complexity index is 658. The molecule has 1 unspecified atom stereocenters. The van der Waals surface area contributed by atoms with Crippen molar-refractivity contribution in [1.82, 2.24) is 4.57 Å². The summed E-state index contributed by atoms with van der Waals surface area (Å²) < 4.78 is 2.22. The van der Waals surface area contributed by atoms with Gasteiger partial charge in [0.2, 0.25) is 0 Å². The van der Waals surface area contributed by atoms with E-state index < -0.39 is 0 Å². The molecule has 1 aliphatic heterocycles. The van der Waals surface area contributed by atoms with Gasteiger partial charge >= 0.3 is 0 Å². The van der Waals surface area contributed by atoms with Crippen molar-refractivity contribution in [2.45, 2.75) is 23.1 Å². The van der Waals surface area contributed by atoms with Gasteiger partial charge in [0, 0.05) is 28.6 Å². The van der Waals surface area contributed by atoms with E-state index >= 15 is 0 Å². The number of anilines is 1. The van der Waals surface area contributed by atoms with Crippen molar-refractivity contribution in [3.05, 3.63) is 56.9 Å². The lowest BCUT2D eigenvalue weighted by molar-refractivity contribution is 0.641. The molecule has 5 heteroatoms. The van der Waals surface area contributed by atoms with E-state index in [9.17, 15) is 4.79 Å². The zero-order valence-corrected chi connectivity index (χ0v) is 12.6. The van der Waals surface area contributed by atoms with Gasteiger partial charge in [-0.2, -0.15) is 0 Å². The van der Waals surface area contributed by atoms with E-state index in [0.717, 1.165) is 6.42 Å². The number of aromatic nitrogens is 1. The van der Waals surface area contributed by atoms with Crippen LogP contribution in [0.2, 0.25) is 0 Å². The second-order valence-electron chi connectivity index (χ2n) is 4.63. The summed E-state index contributed by atoms with van der Waals surface area (Å²) in [5.41, 5.74) is 7.74. The van der Waals surface area contributed by atoms with Gasteiger partial charge < -0.3 is 10.3 Å². The maximum Gasteiger partial charge on any atom is 0.265 e. The predicted octanol–water partition coefficient (Wildman–Crippen LogP) is 2.91. The fourth-order valence-corrected chi connectivity index (χ4v) is 4.14. The molecule has 3 rings (SSSR count). The van der Waals surface area contributed by atoms with Gasteiger partial charge in [-0.15, -0.1) is 11.8 Å². The highest BCUT2D eigenvalue weighted by atomic mass is 79.9. The molecule has 2 aromatic rings. The summed E-state index contributed by atoms with van der Waals surface area (Å²) in [6, 6.07) is 10.1. The fourth-order valence-electron chi connectivity index (χ4n) is 2.33. The number of thioether (sulfide) groups is 1. The maximum absolute atomic E-state index is 12.0. The van der Waals surface area contributed by atoms with E-state index in [0.29, 0.717) is 22.0 Å². The number of hydrogen-bond acceptors (Lipinski definition) is 3. The van der Waals surface area contributed by atoms with Crippen molar-refractivity contribution in [3.8, 4) is 0 Å². The van der Waals surface area contributed by atoms with Gasteiger partial charge in [-0.05, 0) is 40.0 Å². The molecular weight excluding hydrogens is 324 g/mol. The van der Waals surface area contributed by atoms with Crippen molar-refractivity contribution in [3.63, 3.8) is 0 Å². The number of nitrogens with zero attached hydrogens (tertiary/aromatic N) is 1. The molecule has 1 aromatic heterocycles. The Morgan fingerprint density at radius 3 is 3.00 bits per heavy atom. The van der Waals surface area contributed by atoms with Gasteiger partial charge in [0.1, 0.15) is 0 Å². The minimum absolute atomic E-state index is 0.0224. The molecule has 0 aliphatic carbocycles. The van der Waals surface area contributed by atoms with E-state index in [-0.39, 0.29) is 5.56 Å². The van der Waals surface area contributed by atoms with Crippen LogP contribution in [-0.2, 0) is 13.0 Å². The van der Waals surface area contributed by atoms with Crippen molar-refractivity contribution < 1.29 is 0 Å². The minimum atomic E-state index is -0.0224. The first kappa shape index (κ1) is 12.8. The van der Waals surface area contributed by atoms with Crippen LogP contribution < -0.4 is 11.3 Å². The molecule has 1 aromatic carbocycles. The third-order valence-corrected chi connectivity index (χ3v) is 5.05. The van der Waals surface area contributed by atoms with Crippen molar-refractivity contribution in [2.75, 3.05) is 5.73 Å². The first-order chi connectivity index (χ1) is 9.13. The lowest BCUT2D eigenvalue weighted by atomic mass is 10.1. The van der Waals surface area contributed by atoms with Crippen molar-refractivity contribution >= 4 is 33.4 Å². The Labute approximate surface area is 123 Å². The Morgan fingerprint density at radius 1 is 1.42 bits per heavy atom. The molecule has 3 nitrogen and oxygen atoms in total. The number of hydrogen-bond donors (Lipinski definition) is 1. The summed E-state index contributed by atoms with van der Waals surface area (Å²) in [4.78, 5) is 13.4. The zero-order chi connectivity index (χ0) is 13.4. The van der Waals surface area contributed by atoms with E-state index in [1.54, 1.807) is 16.8 Å². The standard InChI is InChI=1S/C14H13BrN2OS/c15-12-6-10(16)7-17(14(12)18)8-11-5-9-3-1-2-4-13(9)19-11/h1-4,6-7,11H,5,8,16H2. The zero-order valence-electron chi connectivity index (χ0n) is 10.2. The van der Waals surface area contributed by atoms with Gasteiger partial charge in [-0.1, -0.05) is 18.2 Å². The molecule has 0 amide bonds. The minimum Gasteiger partial charge on any atom is -0.398 e. The second kappa shape index (κ2) is 5.06. The predicted molar refractivity (Wildman–Crippen MR) is 82.6 cm³/mol. The third-order valence-electron chi connectivity index (χ3n) is 3.18. The molecule has 0 saturated carbocycles. The summed E-state index contributed by atoms with van der Waals surface area (Å²) in [7, 11) is 0. The highest BCUT2D eigenvalue weighted by molar-refractivity contribution is 9.10. The highest BCUT2D eigenvalue weighted by Crippen LogP contribution is 2.37. The summed E-state index contributed by atoms with van der Waals surface area (Å²) in [6.07, 6.45) is 2.72. The number of benzene rings is 1. The number of nitrogens with two attached hydrogens (primary N) is 1. The van der Waals surface area contributed by atoms with Crippen LogP contribution in [0.5, 0.6) is 0 Å². The molecule has 0 saturated heterocycles. The van der Waals surface area contributed by atoms with Gasteiger partial charge in [-0.3, -0.25) is 4.79 Å². The van der Waals surface area contributed by atoms with E-state index in [4.69, 9.17) is 5.73 Å². The monoisotopic (exact) mass is 336 g/mol. The smallest absolute Gasteiger partial charge is 0.265 e. The highest BCUT2D eigenvalue weighted by Gasteiger charge is 2.22. The molecule has 2 N–H and O–H groups in total. The van der Waals surface area contributed by atoms with Crippen LogP contribution in [0.1, 0.15) is 5.56 Å². The quantitative estimate of drug-likeness (QED) is 0.917. The Morgan fingerprint density at radius 2 is 2.21 bits per heavy atom. The number of fused-ring (bicyclic) bond motifs is 1. The van der Waals surface area contributed by atoms with Gasteiger partial charge in [0.05, 0.1) is 4.47 Å². The maximum atomic E-state index is 12.0. The summed E-state index contributed by atoms with van der Waals surface area (Å²) >= 11 is 5.09. The lowest BCUT2D eigenvalue weighted by Crippen LogP contribution is -2.25. The molecular formula is C14H13BrN2OS. The van der Waals surface area contributed by atoms with E-state index in [1.165, 1.54) is 10.5 Å². The molecule has 0 spiro atoms. The van der Waals surface area contributed by atoms with Crippen LogP contribution >= 0.6 is 27.7 Å². The van der Waals surface area contributed by atoms with Crippen LogP contribution in [0.25, 0.3) is 0 Å². The Kier molecular flexibility index (Phi) is 3.41. The van der Waals surface area contributed by atoms with E-state index in [2.05, 4.69) is 40.2 Å². The summed E-state index contributed by atoms with van der Waals surface area (Å²) in [5, 5.41) is 0.392. The number of pyridine rings is 1. The molecule has 0 fully saturated rings. The molecule has 0 radical (unpaired) electrons. The van der Waals surface area contributed by atoms with Crippen LogP contribution in [-0.4, -0.2) is 9.82 Å². The number of halogens is 1. The molecule has 1 atom stereocenters. The fraction of sp³-hybridized carbons (Fsp3) is 0.214.